The van der Waals surface area contributed by atoms with Gasteiger partial charge in [-0.15, -0.1) is 22.4 Å². The fourth-order valence-corrected chi connectivity index (χ4v) is 22.0. The molecular weight excluding hydrogens is 837 g/mol. The second-order valence-corrected chi connectivity index (χ2v) is 32.2. The Bertz CT molecular complexity index is 2190. The SMILES string of the molecule is CC(C)c1cccc(C(C)C)c1-c1cccc(-c2c(C(C)C)cccc2C(C)C)c1S[Si]1(Sc2c(-c3c(C(C)C)cccc3C(C)C)cccc2-c2c(C(C)C)cccc2C(C)C)CC1. The molecule has 1 aliphatic heterocycles. The van der Waals surface area contributed by atoms with Crippen LogP contribution < -0.4 is 0 Å². The third-order valence-corrected chi connectivity index (χ3v) is 24.6. The average molecular weight is 916 g/mol. The first kappa shape index (κ1) is 49.1. The highest BCUT2D eigenvalue weighted by molar-refractivity contribution is 8.59. The third kappa shape index (κ3) is 9.96. The molecule has 0 aromatic heterocycles. The first-order valence-electron chi connectivity index (χ1n) is 25.0. The second-order valence-electron chi connectivity index (χ2n) is 21.5. The van der Waals surface area contributed by atoms with Crippen LogP contribution in [0.2, 0.25) is 12.1 Å². The van der Waals surface area contributed by atoms with Gasteiger partial charge in [0.15, 0.2) is 6.37 Å². The lowest BCUT2D eigenvalue weighted by Gasteiger charge is -2.29. The first-order valence-corrected chi connectivity index (χ1v) is 30.5. The second kappa shape index (κ2) is 20.2. The van der Waals surface area contributed by atoms with Crippen LogP contribution in [0, 0.1) is 0 Å². The molecule has 0 spiro atoms. The molecule has 3 heteroatoms. The van der Waals surface area contributed by atoms with E-state index in [4.69, 9.17) is 0 Å². The summed E-state index contributed by atoms with van der Waals surface area (Å²) in [7, 11) is 0. The quantitative estimate of drug-likeness (QED) is 0.0888. The molecule has 1 heterocycles. The number of hydrogen-bond donors (Lipinski definition) is 0. The molecular formula is C62H78S2Si. The summed E-state index contributed by atoms with van der Waals surface area (Å²) in [5.74, 6) is 3.24. The van der Waals surface area contributed by atoms with Gasteiger partial charge in [-0.3, -0.25) is 0 Å². The summed E-state index contributed by atoms with van der Waals surface area (Å²) < 4.78 is 0. The lowest BCUT2D eigenvalue weighted by atomic mass is 9.82. The molecule has 1 aliphatic rings. The van der Waals surface area contributed by atoms with Crippen molar-refractivity contribution in [3.8, 4) is 44.5 Å². The van der Waals surface area contributed by atoms with Gasteiger partial charge in [-0.25, -0.2) is 0 Å². The van der Waals surface area contributed by atoms with Gasteiger partial charge in [0.2, 0.25) is 0 Å². The summed E-state index contributed by atoms with van der Waals surface area (Å²) in [6.07, 6.45) is -2.12. The zero-order chi connectivity index (χ0) is 47.1. The summed E-state index contributed by atoms with van der Waals surface area (Å²) in [4.78, 5) is 3.01. The molecule has 0 N–H and O–H groups in total. The smallest absolute Gasteiger partial charge is 0.136 e. The molecule has 6 aromatic rings. The van der Waals surface area contributed by atoms with E-state index in [0.29, 0.717) is 47.3 Å². The van der Waals surface area contributed by atoms with Crippen LogP contribution in [0.5, 0.6) is 0 Å². The standard InChI is InChI=1S/C62H78S2Si/c1-37(2)45-23-17-24-46(38(3)4)57(45)53-31-21-32-54(58-47(39(5)6)25-18-26-48(58)40(7)8)61(53)63-65(35-36-65)64-62-55(59-49(41(9)10)27-19-28-50(59)42(11)12)33-22-34-56(62)60-51(43(13)14)29-20-30-52(60)44(15)16/h17-34,37-44H,35-36H2,1-16H3. The Morgan fingerprint density at radius 3 is 0.600 bits per heavy atom. The number of rotatable bonds is 16. The molecule has 0 bridgehead atoms. The Hall–Kier alpha value is -3.76. The highest BCUT2D eigenvalue weighted by Crippen LogP contribution is 2.64. The third-order valence-electron chi connectivity index (χ3n) is 13.8. The molecule has 6 aromatic carbocycles. The molecule has 1 fully saturated rings. The van der Waals surface area contributed by atoms with Gasteiger partial charge in [0.1, 0.15) is 0 Å². The average Bonchev–Trinajstić information content (AvgIpc) is 4.03. The summed E-state index contributed by atoms with van der Waals surface area (Å²) in [6.45, 7) is 38.2. The summed E-state index contributed by atoms with van der Waals surface area (Å²) >= 11 is 4.66. The van der Waals surface area contributed by atoms with E-state index in [0.717, 1.165) is 0 Å². The van der Waals surface area contributed by atoms with Gasteiger partial charge in [-0.1, -0.05) is 220 Å². The summed E-state index contributed by atoms with van der Waals surface area (Å²) in [6, 6.07) is 45.8. The largest absolute Gasteiger partial charge is 0.187 e. The van der Waals surface area contributed by atoms with Crippen LogP contribution in [0.15, 0.2) is 119 Å². The van der Waals surface area contributed by atoms with E-state index in [1.54, 1.807) is 0 Å². The fourth-order valence-electron chi connectivity index (χ4n) is 10.2. The van der Waals surface area contributed by atoms with Gasteiger partial charge in [0, 0.05) is 9.79 Å². The fraction of sp³-hybridized carbons (Fsp3) is 0.419. The molecule has 0 saturated carbocycles. The van der Waals surface area contributed by atoms with Crippen LogP contribution in [0.1, 0.15) is 203 Å². The van der Waals surface area contributed by atoms with Crippen molar-refractivity contribution in [2.45, 2.75) is 180 Å². The lowest BCUT2D eigenvalue weighted by Crippen LogP contribution is -2.10. The van der Waals surface area contributed by atoms with Crippen molar-refractivity contribution < 1.29 is 0 Å². The van der Waals surface area contributed by atoms with Crippen molar-refractivity contribution in [3.63, 3.8) is 0 Å². The van der Waals surface area contributed by atoms with Crippen molar-refractivity contribution in [1.82, 2.24) is 0 Å². The Labute approximate surface area is 404 Å². The van der Waals surface area contributed by atoms with Crippen LogP contribution in [0.3, 0.4) is 0 Å². The minimum absolute atomic E-state index is 0.405. The van der Waals surface area contributed by atoms with Gasteiger partial charge in [-0.2, -0.15) is 0 Å². The molecule has 0 atom stereocenters. The molecule has 0 radical (unpaired) electrons. The minimum atomic E-state index is -2.12. The molecule has 0 aliphatic carbocycles. The maximum atomic E-state index is 2.49. The lowest BCUT2D eigenvalue weighted by molar-refractivity contribution is 0.835. The Kier molecular flexibility index (Phi) is 15.3. The molecule has 1 saturated heterocycles. The van der Waals surface area contributed by atoms with Gasteiger partial charge in [-0.05, 0) is 148 Å². The van der Waals surface area contributed by atoms with Gasteiger partial charge < -0.3 is 0 Å². The maximum Gasteiger partial charge on any atom is 0.187 e. The van der Waals surface area contributed by atoms with E-state index < -0.39 is 6.37 Å². The summed E-state index contributed by atoms with van der Waals surface area (Å²) in [5.41, 5.74) is 23.3. The van der Waals surface area contributed by atoms with Crippen molar-refractivity contribution in [1.29, 1.82) is 0 Å². The normalized spacial score (nSPS) is 13.8. The first-order chi connectivity index (χ1) is 30.9. The summed E-state index contributed by atoms with van der Waals surface area (Å²) in [5, 5.41) is 0. The van der Waals surface area contributed by atoms with Crippen LogP contribution in [-0.2, 0) is 0 Å². The number of hydrogen-bond acceptors (Lipinski definition) is 2. The van der Waals surface area contributed by atoms with E-state index in [1.807, 2.05) is 0 Å². The topological polar surface area (TPSA) is 0 Å². The predicted octanol–water partition coefficient (Wildman–Crippen LogP) is 20.7. The van der Waals surface area contributed by atoms with Crippen LogP contribution in [0.25, 0.3) is 44.5 Å². The zero-order valence-corrected chi connectivity index (χ0v) is 45.4. The molecule has 0 amide bonds. The Morgan fingerprint density at radius 1 is 0.277 bits per heavy atom. The Morgan fingerprint density at radius 2 is 0.446 bits per heavy atom. The molecule has 342 valence electrons. The zero-order valence-electron chi connectivity index (χ0n) is 42.7. The van der Waals surface area contributed by atoms with Gasteiger partial charge in [0.25, 0.3) is 0 Å². The highest BCUT2D eigenvalue weighted by atomic mass is 32.6. The van der Waals surface area contributed by atoms with E-state index in [1.165, 1.54) is 111 Å². The minimum Gasteiger partial charge on any atom is -0.136 e. The molecule has 7 rings (SSSR count). The van der Waals surface area contributed by atoms with Crippen molar-refractivity contribution >= 4 is 28.8 Å². The van der Waals surface area contributed by atoms with E-state index in [2.05, 4.69) is 242 Å². The molecule has 0 nitrogen and oxygen atoms in total. The van der Waals surface area contributed by atoms with Crippen molar-refractivity contribution in [3.05, 3.63) is 154 Å². The van der Waals surface area contributed by atoms with Crippen molar-refractivity contribution in [2.24, 2.45) is 0 Å². The van der Waals surface area contributed by atoms with E-state index in [-0.39, 0.29) is 0 Å². The Balaban J connectivity index is 1.57. The van der Waals surface area contributed by atoms with Crippen molar-refractivity contribution in [2.75, 3.05) is 0 Å². The predicted molar refractivity (Wildman–Crippen MR) is 294 cm³/mol. The van der Waals surface area contributed by atoms with Gasteiger partial charge >= 0.3 is 0 Å². The van der Waals surface area contributed by atoms with Crippen LogP contribution in [-0.4, -0.2) is 6.37 Å². The van der Waals surface area contributed by atoms with E-state index >= 15 is 0 Å². The van der Waals surface area contributed by atoms with E-state index in [9.17, 15) is 0 Å². The highest BCUT2D eigenvalue weighted by Gasteiger charge is 2.50. The maximum absolute atomic E-state index is 2.49. The molecule has 0 unspecified atom stereocenters. The molecule has 65 heavy (non-hydrogen) atoms. The van der Waals surface area contributed by atoms with Crippen LogP contribution >= 0.6 is 22.4 Å². The number of benzene rings is 6. The van der Waals surface area contributed by atoms with Gasteiger partial charge in [0.05, 0.1) is 0 Å². The van der Waals surface area contributed by atoms with Crippen LogP contribution in [0.4, 0.5) is 0 Å². The monoisotopic (exact) mass is 915 g/mol.